The molecule has 25 heteroatoms. The number of aryl methyl sites for hydroxylation is 4. The van der Waals surface area contributed by atoms with Gasteiger partial charge in [0.1, 0.15) is 23.7 Å². The van der Waals surface area contributed by atoms with Crippen LogP contribution in [0.1, 0.15) is 187 Å². The molecular weight excluding hydrogens is 1580 g/mol. The van der Waals surface area contributed by atoms with Gasteiger partial charge in [0, 0.05) is 37.1 Å². The Hall–Kier alpha value is -7.60. The van der Waals surface area contributed by atoms with E-state index in [1.807, 2.05) is 73.1 Å². The average Bonchev–Trinajstić information content (AvgIpc) is 1.73. The third-order valence-corrected chi connectivity index (χ3v) is 35.7. The minimum absolute atomic E-state index is 0.00780. The van der Waals surface area contributed by atoms with Gasteiger partial charge in [-0.2, -0.15) is 0 Å². The molecule has 0 amide bonds. The Balaban J connectivity index is 0.000000182. The van der Waals surface area contributed by atoms with Gasteiger partial charge >= 0.3 is 21.7 Å². The predicted octanol–water partition coefficient (Wildman–Crippen LogP) is 17.4. The number of carbonyl (C=O) groups is 4. The molecule has 0 radical (unpaired) electrons. The highest BCUT2D eigenvalue weighted by Gasteiger charge is 2.53. The van der Waals surface area contributed by atoms with Crippen LogP contribution in [0.3, 0.4) is 0 Å². The van der Waals surface area contributed by atoms with Gasteiger partial charge in [-0.05, 0) is 299 Å². The molecule has 2 aliphatic heterocycles. The number of rotatable bonds is 28. The van der Waals surface area contributed by atoms with Gasteiger partial charge in [0.2, 0.25) is 11.2 Å². The zero-order valence-electron chi connectivity index (χ0n) is 65.9. The van der Waals surface area contributed by atoms with Crippen LogP contribution in [0.25, 0.3) is 32.6 Å². The second kappa shape index (κ2) is 34.4. The lowest BCUT2D eigenvalue weighted by atomic mass is 9.61. The maximum atomic E-state index is 13.4. The van der Waals surface area contributed by atoms with Gasteiger partial charge < -0.3 is 49.2 Å². The highest BCUT2D eigenvalue weighted by molar-refractivity contribution is 7.17. The van der Waals surface area contributed by atoms with Gasteiger partial charge in [0.05, 0.1) is 52.1 Å². The van der Waals surface area contributed by atoms with Crippen LogP contribution >= 0.6 is 68.0 Å². The molecule has 6 aliphatic rings. The van der Waals surface area contributed by atoms with Crippen LogP contribution in [0, 0.1) is 10.8 Å². The number of hydrogen-bond acceptors (Lipinski definition) is 22. The van der Waals surface area contributed by atoms with Crippen LogP contribution in [0.2, 0.25) is 18.1 Å². The summed E-state index contributed by atoms with van der Waals surface area (Å²) in [5, 5.41) is 62.5. The van der Waals surface area contributed by atoms with Crippen LogP contribution < -0.4 is 9.75 Å². The first kappa shape index (κ1) is 82.5. The number of phenolic OH excluding ortho intramolecular Hbond substituents is 2. The normalized spacial score (nSPS) is 17.8. The minimum atomic E-state index is -2.16. The van der Waals surface area contributed by atoms with E-state index >= 15 is 0 Å². The minimum Gasteiger partial charge on any atom is -0.508 e. The van der Waals surface area contributed by atoms with E-state index in [0.717, 1.165) is 184 Å². The summed E-state index contributed by atoms with van der Waals surface area (Å²) in [7, 11) is -2.16. The van der Waals surface area contributed by atoms with Crippen LogP contribution in [0.4, 0.5) is 0 Å². The fourth-order valence-corrected chi connectivity index (χ4v) is 24.4. The third kappa shape index (κ3) is 17.6. The molecule has 2 saturated heterocycles. The molecule has 2 atom stereocenters. The number of esters is 2. The molecular formula is C90H102N4O14S6Si. The zero-order valence-corrected chi connectivity index (χ0v) is 71.8. The van der Waals surface area contributed by atoms with Crippen molar-refractivity contribution >= 4 is 132 Å². The molecule has 115 heavy (non-hydrogen) atoms. The smallest absolute Gasteiger partial charge is 0.349 e. The number of aliphatic hydroxyl groups excluding tert-OH is 1. The standard InChI is InChI=1S/C48H58N2O7S3Si.C42H44N2O7S3/c1-46(2,3)61(4,5)57-40(36-17-19-39(52)37-29-33(51)15-16-35(36)37)11-6-10-32-14-18-38-41(28-32)60-45(54)50(38)23-9-22-49-24-20-47(21-25-49)30-34(31-47)56-44(53)48(55,42-12-7-26-58-42)43-13-8-27-59-43;45-28-10-11-30-31(12-14-35(47)32(30)24-28)34(46)6-1-5-27-9-13-33-36(23-27)54-40(49)44(33)18-4-17-43-19-15-41(16-20-43)25-29(26-41)51-39(48)42(50,37-7-2-21-52-37)38-8-3-22-53-38/h7-8,12-19,26-28,34,40,52,55H,6,9-11,20-25,29-31H2,1-5H3;2-3,7-14,21-23,29,34,46-47,50H,1,4-6,15-20,24-26H2/t40-;34-/m00/s1. The molecule has 4 aliphatic carbocycles. The first-order valence-electron chi connectivity index (χ1n) is 40.4. The molecule has 5 N–H and O–H groups in total. The molecule has 4 fully saturated rings. The molecule has 4 aromatic carbocycles. The Morgan fingerprint density at radius 3 is 1.32 bits per heavy atom. The second-order valence-electron chi connectivity index (χ2n) is 34.0. The van der Waals surface area contributed by atoms with E-state index < -0.39 is 37.6 Å². The number of fused-ring (bicyclic) bond motifs is 4. The molecule has 606 valence electrons. The van der Waals surface area contributed by atoms with Gasteiger partial charge in [-0.3, -0.25) is 28.3 Å². The number of benzene rings is 4. The van der Waals surface area contributed by atoms with Crippen molar-refractivity contribution in [1.29, 1.82) is 0 Å². The summed E-state index contributed by atoms with van der Waals surface area (Å²) < 4.78 is 24.8. The summed E-state index contributed by atoms with van der Waals surface area (Å²) in [5.74, 6) is -1.000. The van der Waals surface area contributed by atoms with E-state index in [1.165, 1.54) is 79.7 Å². The molecule has 2 saturated carbocycles. The zero-order chi connectivity index (χ0) is 80.6. The van der Waals surface area contributed by atoms with E-state index in [1.54, 1.807) is 54.6 Å². The number of likely N-dealkylation sites (tertiary alicyclic amines) is 2. The number of ether oxygens (including phenoxy) is 2. The third-order valence-electron chi connectivity index (χ3n) is 25.4. The monoisotopic (exact) mass is 1680 g/mol. The van der Waals surface area contributed by atoms with E-state index in [0.29, 0.717) is 50.1 Å². The van der Waals surface area contributed by atoms with Crippen LogP contribution in [0.5, 0.6) is 11.5 Å². The van der Waals surface area contributed by atoms with Gasteiger partial charge in [-0.15, -0.1) is 45.3 Å². The van der Waals surface area contributed by atoms with Crippen molar-refractivity contribution < 1.29 is 58.6 Å². The first-order chi connectivity index (χ1) is 55.2. The number of piperidine rings is 2. The highest BCUT2D eigenvalue weighted by atomic mass is 32.1. The Morgan fingerprint density at radius 2 is 0.922 bits per heavy atom. The number of aromatic nitrogens is 2. The molecule has 8 heterocycles. The van der Waals surface area contributed by atoms with Crippen molar-refractivity contribution in [2.24, 2.45) is 10.8 Å². The number of thiazole rings is 2. The van der Waals surface area contributed by atoms with Crippen molar-refractivity contribution in [3.8, 4) is 11.5 Å². The predicted molar refractivity (Wildman–Crippen MR) is 463 cm³/mol. The molecule has 16 rings (SSSR count). The molecule has 2 spiro atoms. The van der Waals surface area contributed by atoms with Crippen molar-refractivity contribution in [2.75, 3.05) is 39.3 Å². The number of aromatic hydroxyl groups is 2. The van der Waals surface area contributed by atoms with Gasteiger partial charge in [-0.1, -0.05) is 104 Å². The van der Waals surface area contributed by atoms with E-state index in [4.69, 9.17) is 13.9 Å². The Bertz CT molecular complexity index is 5260. The SMILES string of the molecule is CC(C)(C)[Si](C)(C)O[C@@H](CCCc1ccc2c(c1)sc(=O)n2CCCN1CCC2(CC1)CC(OC(=O)C(O)(c1cccs1)c1cccs1)C2)c1ccc(O)c2c1C=CC(=O)C2.O=C1C=Cc2c([C@@H](O)CCCc3ccc4c(c3)sc(=O)n4CCCN3CCC4(CC3)CC(OC(=O)C(O)(c3cccs3)c3cccs3)C4)ccc(O)c2C1. The van der Waals surface area contributed by atoms with E-state index in [-0.39, 0.29) is 79.8 Å². The summed E-state index contributed by atoms with van der Waals surface area (Å²) in [6, 6.07) is 34.1. The summed E-state index contributed by atoms with van der Waals surface area (Å²) in [5.41, 5.74) is 5.77. The number of nitrogens with zero attached hydrogens (tertiary/aromatic N) is 4. The molecule has 6 aromatic heterocycles. The van der Waals surface area contributed by atoms with Crippen LogP contribution in [-0.4, -0.2) is 128 Å². The number of ketones is 2. The number of aliphatic hydroxyl groups is 3. The quantitative estimate of drug-likeness (QED) is 0.0226. The number of carbonyl (C=O) groups excluding carboxylic acids is 4. The summed E-state index contributed by atoms with van der Waals surface area (Å²) in [6.07, 6.45) is 19.7. The molecule has 0 bridgehead atoms. The number of phenols is 2. The molecule has 10 aromatic rings. The lowest BCUT2D eigenvalue weighted by Crippen LogP contribution is -2.52. The van der Waals surface area contributed by atoms with E-state index in [2.05, 4.69) is 74.0 Å². The van der Waals surface area contributed by atoms with E-state index in [9.17, 15) is 54.3 Å². The number of allylic oxidation sites excluding steroid dienone is 2. The fraction of sp³-hybridized carbons (Fsp3) is 0.444. The Morgan fingerprint density at radius 1 is 0.522 bits per heavy atom. The Labute approximate surface area is 695 Å². The first-order valence-corrected chi connectivity index (χ1v) is 48.4. The summed E-state index contributed by atoms with van der Waals surface area (Å²) >= 11 is 8.04. The average molecular weight is 1680 g/mol. The maximum Gasteiger partial charge on any atom is 0.349 e. The van der Waals surface area contributed by atoms with Gasteiger partial charge in [-0.25, -0.2) is 9.59 Å². The van der Waals surface area contributed by atoms with Crippen LogP contribution in [0.15, 0.2) is 152 Å². The number of hydrogen-bond donors (Lipinski definition) is 5. The molecule has 0 unspecified atom stereocenters. The van der Waals surface area contributed by atoms with Crippen LogP contribution in [-0.2, 0) is 83.1 Å². The maximum absolute atomic E-state index is 13.4. The number of thiophene rings is 4. The fourth-order valence-electron chi connectivity index (χ4n) is 17.7. The second-order valence-corrected chi connectivity index (χ2v) is 44.5. The summed E-state index contributed by atoms with van der Waals surface area (Å²) in [6.45, 7) is 18.4. The molecule has 18 nitrogen and oxygen atoms in total. The van der Waals surface area contributed by atoms with Crippen molar-refractivity contribution in [3.63, 3.8) is 0 Å². The lowest BCUT2D eigenvalue weighted by Gasteiger charge is -2.51. The topological polar surface area (TPSA) is 248 Å². The van der Waals surface area contributed by atoms with Crippen molar-refractivity contribution in [1.82, 2.24) is 18.9 Å². The van der Waals surface area contributed by atoms with Crippen molar-refractivity contribution in [2.45, 2.75) is 203 Å². The van der Waals surface area contributed by atoms with Gasteiger partial charge in [0.25, 0.3) is 0 Å². The Kier molecular flexibility index (Phi) is 24.7. The summed E-state index contributed by atoms with van der Waals surface area (Å²) in [4.78, 5) is 84.6. The lowest BCUT2D eigenvalue weighted by molar-refractivity contribution is -0.182. The van der Waals surface area contributed by atoms with Gasteiger partial charge in [0.15, 0.2) is 19.9 Å². The highest BCUT2D eigenvalue weighted by Crippen LogP contribution is 2.54. The van der Waals surface area contributed by atoms with Crippen molar-refractivity contribution in [3.05, 3.63) is 226 Å². The largest absolute Gasteiger partial charge is 0.508 e.